The van der Waals surface area contributed by atoms with Crippen molar-refractivity contribution in [2.45, 2.75) is 24.9 Å². The molecule has 0 spiro atoms. The lowest BCUT2D eigenvalue weighted by molar-refractivity contribution is -0.137. The number of rotatable bonds is 2. The van der Waals surface area contributed by atoms with Gasteiger partial charge in [-0.25, -0.2) is 0 Å². The SMILES string of the molecule is Cn1cc(-c2ccc(C(F)(F)F)cc2)c(C2CC2)n1. The smallest absolute Gasteiger partial charge is 0.275 e. The summed E-state index contributed by atoms with van der Waals surface area (Å²) in [5.74, 6) is 0.471. The van der Waals surface area contributed by atoms with E-state index in [1.807, 2.05) is 13.2 Å². The second kappa shape index (κ2) is 4.11. The topological polar surface area (TPSA) is 17.8 Å². The van der Waals surface area contributed by atoms with Crippen molar-refractivity contribution in [2.24, 2.45) is 7.05 Å². The minimum absolute atomic E-state index is 0.471. The van der Waals surface area contributed by atoms with Gasteiger partial charge in [-0.15, -0.1) is 0 Å². The van der Waals surface area contributed by atoms with Crippen LogP contribution in [0.5, 0.6) is 0 Å². The lowest BCUT2D eigenvalue weighted by atomic mass is 10.0. The molecule has 1 fully saturated rings. The van der Waals surface area contributed by atoms with Gasteiger partial charge in [-0.05, 0) is 30.5 Å². The zero-order valence-corrected chi connectivity index (χ0v) is 10.4. The van der Waals surface area contributed by atoms with Crippen molar-refractivity contribution in [3.05, 3.63) is 41.7 Å². The van der Waals surface area contributed by atoms with E-state index in [2.05, 4.69) is 5.10 Å². The summed E-state index contributed by atoms with van der Waals surface area (Å²) >= 11 is 0. The highest BCUT2D eigenvalue weighted by molar-refractivity contribution is 5.66. The normalized spacial score (nSPS) is 15.8. The number of halogens is 3. The van der Waals surface area contributed by atoms with Gasteiger partial charge in [0.15, 0.2) is 0 Å². The Morgan fingerprint density at radius 3 is 2.32 bits per heavy atom. The number of hydrogen-bond acceptors (Lipinski definition) is 1. The third kappa shape index (κ3) is 2.37. The number of nitrogens with zero attached hydrogens (tertiary/aromatic N) is 2. The maximum atomic E-state index is 12.5. The Balaban J connectivity index is 1.98. The lowest BCUT2D eigenvalue weighted by Crippen LogP contribution is -2.04. The molecule has 2 aromatic rings. The molecule has 19 heavy (non-hydrogen) atoms. The van der Waals surface area contributed by atoms with Gasteiger partial charge in [-0.3, -0.25) is 4.68 Å². The van der Waals surface area contributed by atoms with Crippen molar-refractivity contribution in [3.63, 3.8) is 0 Å². The van der Waals surface area contributed by atoms with Gasteiger partial charge >= 0.3 is 6.18 Å². The van der Waals surface area contributed by atoms with Crippen molar-refractivity contribution in [2.75, 3.05) is 0 Å². The molecule has 3 rings (SSSR count). The standard InChI is InChI=1S/C14H13F3N2/c1-19-8-12(13(18-19)10-2-3-10)9-4-6-11(7-5-9)14(15,16)17/h4-8,10H,2-3H2,1H3. The Kier molecular flexibility index (Phi) is 2.66. The Morgan fingerprint density at radius 2 is 1.79 bits per heavy atom. The molecule has 0 saturated heterocycles. The molecule has 1 aromatic carbocycles. The Bertz CT molecular complexity index is 592. The van der Waals surface area contributed by atoms with Crippen LogP contribution in [0.4, 0.5) is 13.2 Å². The van der Waals surface area contributed by atoms with E-state index in [4.69, 9.17) is 0 Å². The van der Waals surface area contributed by atoms with Crippen LogP contribution in [0.1, 0.15) is 30.0 Å². The Labute approximate surface area is 108 Å². The molecule has 0 N–H and O–H groups in total. The first-order chi connectivity index (χ1) is 8.95. The van der Waals surface area contributed by atoms with Gasteiger partial charge < -0.3 is 0 Å². The predicted molar refractivity (Wildman–Crippen MR) is 65.6 cm³/mol. The molecule has 1 saturated carbocycles. The molecule has 0 bridgehead atoms. The van der Waals surface area contributed by atoms with Gasteiger partial charge in [0.25, 0.3) is 0 Å². The summed E-state index contributed by atoms with van der Waals surface area (Å²) in [7, 11) is 1.83. The fourth-order valence-electron chi connectivity index (χ4n) is 2.23. The third-order valence-corrected chi connectivity index (χ3v) is 3.34. The predicted octanol–water partition coefficient (Wildman–Crippen LogP) is 3.98. The number of aryl methyl sites for hydroxylation is 1. The monoisotopic (exact) mass is 266 g/mol. The van der Waals surface area contributed by atoms with Crippen LogP contribution in [0, 0.1) is 0 Å². The van der Waals surface area contributed by atoms with Crippen molar-refractivity contribution in [1.29, 1.82) is 0 Å². The van der Waals surface area contributed by atoms with Gasteiger partial charge in [0.2, 0.25) is 0 Å². The summed E-state index contributed by atoms with van der Waals surface area (Å²) in [6.45, 7) is 0. The molecule has 0 aliphatic heterocycles. The summed E-state index contributed by atoms with van der Waals surface area (Å²) in [5.41, 5.74) is 2.12. The Morgan fingerprint density at radius 1 is 1.16 bits per heavy atom. The van der Waals surface area contributed by atoms with E-state index in [1.54, 1.807) is 4.68 Å². The molecule has 100 valence electrons. The van der Waals surface area contributed by atoms with E-state index in [9.17, 15) is 13.2 Å². The van der Waals surface area contributed by atoms with Crippen molar-refractivity contribution >= 4 is 0 Å². The highest BCUT2D eigenvalue weighted by Crippen LogP contribution is 2.43. The van der Waals surface area contributed by atoms with E-state index in [1.165, 1.54) is 12.1 Å². The van der Waals surface area contributed by atoms with E-state index < -0.39 is 11.7 Å². The largest absolute Gasteiger partial charge is 0.416 e. The van der Waals surface area contributed by atoms with E-state index in [0.717, 1.165) is 41.8 Å². The zero-order valence-electron chi connectivity index (χ0n) is 10.4. The molecule has 0 unspecified atom stereocenters. The zero-order chi connectivity index (χ0) is 13.6. The molecule has 2 nitrogen and oxygen atoms in total. The van der Waals surface area contributed by atoms with Gasteiger partial charge in [0, 0.05) is 24.7 Å². The number of hydrogen-bond donors (Lipinski definition) is 0. The third-order valence-electron chi connectivity index (χ3n) is 3.34. The van der Waals surface area contributed by atoms with Crippen molar-refractivity contribution in [1.82, 2.24) is 9.78 Å². The molecule has 5 heteroatoms. The fourth-order valence-corrected chi connectivity index (χ4v) is 2.23. The first kappa shape index (κ1) is 12.3. The quantitative estimate of drug-likeness (QED) is 0.803. The number of benzene rings is 1. The van der Waals surface area contributed by atoms with Gasteiger partial charge in [0.05, 0.1) is 11.3 Å². The lowest BCUT2D eigenvalue weighted by Gasteiger charge is -2.07. The average Bonchev–Trinajstić information content (AvgIpc) is 3.12. The van der Waals surface area contributed by atoms with Crippen LogP contribution in [0.25, 0.3) is 11.1 Å². The maximum Gasteiger partial charge on any atom is 0.416 e. The van der Waals surface area contributed by atoms with Gasteiger partial charge in [-0.1, -0.05) is 12.1 Å². The average molecular weight is 266 g/mol. The van der Waals surface area contributed by atoms with Crippen LogP contribution >= 0.6 is 0 Å². The highest BCUT2D eigenvalue weighted by atomic mass is 19.4. The molecule has 1 aliphatic rings. The van der Waals surface area contributed by atoms with Crippen LogP contribution in [-0.2, 0) is 13.2 Å². The first-order valence-corrected chi connectivity index (χ1v) is 6.16. The van der Waals surface area contributed by atoms with E-state index in [0.29, 0.717) is 5.92 Å². The molecule has 1 aromatic heterocycles. The number of alkyl halides is 3. The highest BCUT2D eigenvalue weighted by Gasteiger charge is 2.31. The Hall–Kier alpha value is -1.78. The van der Waals surface area contributed by atoms with Crippen LogP contribution in [0.15, 0.2) is 30.5 Å². The summed E-state index contributed by atoms with van der Waals surface area (Å²) in [6, 6.07) is 5.29. The summed E-state index contributed by atoms with van der Waals surface area (Å²) in [6.07, 6.45) is -0.182. The van der Waals surface area contributed by atoms with Crippen LogP contribution in [0.3, 0.4) is 0 Å². The van der Waals surface area contributed by atoms with E-state index >= 15 is 0 Å². The summed E-state index contributed by atoms with van der Waals surface area (Å²) in [5, 5.41) is 4.41. The maximum absolute atomic E-state index is 12.5. The molecule has 0 amide bonds. The summed E-state index contributed by atoms with van der Waals surface area (Å²) < 4.78 is 39.3. The van der Waals surface area contributed by atoms with Crippen molar-refractivity contribution in [3.8, 4) is 11.1 Å². The molecular formula is C14H13F3N2. The summed E-state index contributed by atoms with van der Waals surface area (Å²) in [4.78, 5) is 0. The minimum Gasteiger partial charge on any atom is -0.275 e. The molecule has 1 heterocycles. The molecule has 0 radical (unpaired) electrons. The molecule has 1 aliphatic carbocycles. The van der Waals surface area contributed by atoms with Gasteiger partial charge in [0.1, 0.15) is 0 Å². The second-order valence-corrected chi connectivity index (χ2v) is 4.95. The minimum atomic E-state index is -4.28. The van der Waals surface area contributed by atoms with Crippen LogP contribution in [0.2, 0.25) is 0 Å². The van der Waals surface area contributed by atoms with E-state index in [-0.39, 0.29) is 0 Å². The second-order valence-electron chi connectivity index (χ2n) is 4.95. The van der Waals surface area contributed by atoms with Gasteiger partial charge in [-0.2, -0.15) is 18.3 Å². The van der Waals surface area contributed by atoms with Crippen LogP contribution < -0.4 is 0 Å². The fraction of sp³-hybridized carbons (Fsp3) is 0.357. The number of aromatic nitrogens is 2. The molecule has 0 atom stereocenters. The molecular weight excluding hydrogens is 253 g/mol. The van der Waals surface area contributed by atoms with Crippen LogP contribution in [-0.4, -0.2) is 9.78 Å². The van der Waals surface area contributed by atoms with Crippen molar-refractivity contribution < 1.29 is 13.2 Å². The first-order valence-electron chi connectivity index (χ1n) is 6.16.